The van der Waals surface area contributed by atoms with Crippen LogP contribution in [0.25, 0.3) is 0 Å². The number of hydrogen-bond acceptors (Lipinski definition) is 6. The number of aliphatic imine (C=N–C) groups is 1. The molecule has 9 nitrogen and oxygen atoms in total. The highest BCUT2D eigenvalue weighted by Crippen LogP contribution is 2.46. The van der Waals surface area contributed by atoms with E-state index < -0.39 is 12.1 Å². The topological polar surface area (TPSA) is 91.8 Å². The Morgan fingerprint density at radius 1 is 0.956 bits per heavy atom. The fourth-order valence-corrected chi connectivity index (χ4v) is 5.79. The lowest BCUT2D eigenvalue weighted by Gasteiger charge is -2.38. The Bertz CT molecular complexity index is 1590. The molecular formula is C34H36Cl2N4O5. The van der Waals surface area contributed by atoms with E-state index in [4.69, 9.17) is 37.7 Å². The molecule has 1 fully saturated rings. The molecule has 2 aliphatic heterocycles. The maximum atomic E-state index is 14.7. The van der Waals surface area contributed by atoms with E-state index in [-0.39, 0.29) is 50.0 Å². The molecule has 0 aliphatic carbocycles. The van der Waals surface area contributed by atoms with Gasteiger partial charge < -0.3 is 19.3 Å². The molecule has 2 unspecified atom stereocenters. The molecule has 0 aromatic heterocycles. The van der Waals surface area contributed by atoms with E-state index in [9.17, 15) is 14.4 Å². The van der Waals surface area contributed by atoms with Gasteiger partial charge in [0.1, 0.15) is 29.9 Å². The molecule has 0 N–H and O–H groups in total. The van der Waals surface area contributed by atoms with Crippen LogP contribution in [-0.2, 0) is 9.59 Å². The van der Waals surface area contributed by atoms with Gasteiger partial charge in [-0.25, -0.2) is 4.79 Å². The summed E-state index contributed by atoms with van der Waals surface area (Å²) in [7, 11) is 1.58. The standard InChI is InChI=1S/C34H36Cl2N4O5/c1-5-26(41)19-38-16-17-39(20-30(38)42)34(43)40-32(23-8-12-25(36)13-9-23)31(22-6-10-24(35)11-7-22)37-33(40)28-15-14-27(44-4)18-29(28)45-21(2)3/h6-15,18,21,31-32H,5,16-17,19-20H2,1-4H3. The summed E-state index contributed by atoms with van der Waals surface area (Å²) in [6, 6.07) is 18.6. The van der Waals surface area contributed by atoms with Crippen molar-refractivity contribution >= 4 is 46.8 Å². The SMILES string of the molecule is CCC(=O)CN1CCN(C(=O)N2C(c3ccc(OC)cc3OC(C)C)=NC(c3ccc(Cl)cc3)C2c2ccc(Cl)cc2)CC1=O. The predicted molar refractivity (Wildman–Crippen MR) is 174 cm³/mol. The van der Waals surface area contributed by atoms with E-state index in [0.29, 0.717) is 39.4 Å². The average molecular weight is 652 g/mol. The summed E-state index contributed by atoms with van der Waals surface area (Å²) in [5, 5.41) is 1.14. The molecule has 3 aromatic rings. The smallest absolute Gasteiger partial charge is 0.326 e. The van der Waals surface area contributed by atoms with Crippen LogP contribution in [0.4, 0.5) is 4.79 Å². The summed E-state index contributed by atoms with van der Waals surface area (Å²) in [6.07, 6.45) is 0.176. The van der Waals surface area contributed by atoms with Crippen molar-refractivity contribution < 1.29 is 23.9 Å². The highest BCUT2D eigenvalue weighted by atomic mass is 35.5. The molecule has 2 heterocycles. The number of benzene rings is 3. The van der Waals surface area contributed by atoms with Crippen molar-refractivity contribution in [2.75, 3.05) is 33.3 Å². The Kier molecular flexibility index (Phi) is 9.99. The highest BCUT2D eigenvalue weighted by Gasteiger charge is 2.45. The van der Waals surface area contributed by atoms with Crippen LogP contribution in [-0.4, -0.2) is 77.6 Å². The van der Waals surface area contributed by atoms with Crippen molar-refractivity contribution in [1.82, 2.24) is 14.7 Å². The zero-order chi connectivity index (χ0) is 32.2. The van der Waals surface area contributed by atoms with Crippen molar-refractivity contribution in [2.24, 2.45) is 4.99 Å². The molecule has 0 saturated carbocycles. The maximum Gasteiger partial charge on any atom is 0.326 e. The third-order valence-electron chi connectivity index (χ3n) is 7.84. The third-order valence-corrected chi connectivity index (χ3v) is 8.34. The minimum Gasteiger partial charge on any atom is -0.497 e. The van der Waals surface area contributed by atoms with Gasteiger partial charge in [0.05, 0.1) is 31.4 Å². The molecular weight excluding hydrogens is 615 g/mol. The lowest BCUT2D eigenvalue weighted by Crippen LogP contribution is -2.57. The number of amides is 3. The van der Waals surface area contributed by atoms with Gasteiger partial charge in [-0.2, -0.15) is 0 Å². The lowest BCUT2D eigenvalue weighted by atomic mass is 9.93. The molecule has 3 aromatic carbocycles. The van der Waals surface area contributed by atoms with Crippen LogP contribution in [0, 0.1) is 0 Å². The zero-order valence-corrected chi connectivity index (χ0v) is 27.2. The van der Waals surface area contributed by atoms with Gasteiger partial charge in [-0.05, 0) is 61.4 Å². The molecule has 3 amide bonds. The molecule has 11 heteroatoms. The van der Waals surface area contributed by atoms with Gasteiger partial charge in [0, 0.05) is 35.6 Å². The second-order valence-electron chi connectivity index (χ2n) is 11.3. The number of piperazine rings is 1. The van der Waals surface area contributed by atoms with Gasteiger partial charge in [0.25, 0.3) is 0 Å². The monoisotopic (exact) mass is 650 g/mol. The molecule has 5 rings (SSSR count). The molecule has 2 aliphatic rings. The van der Waals surface area contributed by atoms with Gasteiger partial charge in [0.2, 0.25) is 5.91 Å². The van der Waals surface area contributed by atoms with Gasteiger partial charge >= 0.3 is 6.03 Å². The number of amidine groups is 1. The first-order chi connectivity index (χ1) is 21.6. The van der Waals surface area contributed by atoms with Gasteiger partial charge in [-0.3, -0.25) is 19.5 Å². The van der Waals surface area contributed by atoms with Gasteiger partial charge in [-0.15, -0.1) is 0 Å². The highest BCUT2D eigenvalue weighted by molar-refractivity contribution is 6.30. The molecule has 1 saturated heterocycles. The fraction of sp³-hybridized carbons (Fsp3) is 0.353. The zero-order valence-electron chi connectivity index (χ0n) is 25.7. The summed E-state index contributed by atoms with van der Waals surface area (Å²) in [5.41, 5.74) is 2.27. The summed E-state index contributed by atoms with van der Waals surface area (Å²) >= 11 is 12.5. The number of nitrogens with zero attached hydrogens (tertiary/aromatic N) is 4. The quantitative estimate of drug-likeness (QED) is 0.261. The third kappa shape index (κ3) is 7.10. The number of methoxy groups -OCH3 is 1. The van der Waals surface area contributed by atoms with E-state index in [1.54, 1.807) is 55.3 Å². The Balaban J connectivity index is 1.63. The number of halogens is 2. The Hall–Kier alpha value is -4.08. The average Bonchev–Trinajstić information content (AvgIpc) is 3.42. The Labute approximate surface area is 273 Å². The molecule has 2 atom stereocenters. The normalized spacial score (nSPS) is 18.3. The first-order valence-corrected chi connectivity index (χ1v) is 15.7. The van der Waals surface area contributed by atoms with Crippen LogP contribution in [0.5, 0.6) is 11.5 Å². The summed E-state index contributed by atoms with van der Waals surface area (Å²) in [4.78, 5) is 49.8. The number of ether oxygens (including phenoxy) is 2. The van der Waals surface area contributed by atoms with Crippen molar-refractivity contribution in [3.8, 4) is 11.5 Å². The minimum atomic E-state index is -0.588. The summed E-state index contributed by atoms with van der Waals surface area (Å²) in [5.74, 6) is 1.20. The Morgan fingerprint density at radius 3 is 2.18 bits per heavy atom. The van der Waals surface area contributed by atoms with E-state index in [1.807, 2.05) is 44.2 Å². The molecule has 0 bridgehead atoms. The largest absolute Gasteiger partial charge is 0.497 e. The van der Waals surface area contributed by atoms with Crippen molar-refractivity contribution in [1.29, 1.82) is 0 Å². The summed E-state index contributed by atoms with van der Waals surface area (Å²) < 4.78 is 11.7. The second kappa shape index (κ2) is 13.9. The van der Waals surface area contributed by atoms with Crippen LogP contribution in [0.1, 0.15) is 56.0 Å². The number of carbonyl (C=O) groups is 3. The van der Waals surface area contributed by atoms with Crippen LogP contribution in [0.2, 0.25) is 10.0 Å². The number of ketones is 1. The van der Waals surface area contributed by atoms with Crippen LogP contribution < -0.4 is 9.47 Å². The Morgan fingerprint density at radius 2 is 1.60 bits per heavy atom. The van der Waals surface area contributed by atoms with Crippen molar-refractivity contribution in [3.05, 3.63) is 93.5 Å². The van der Waals surface area contributed by atoms with Crippen molar-refractivity contribution in [2.45, 2.75) is 45.4 Å². The summed E-state index contributed by atoms with van der Waals surface area (Å²) in [6.45, 7) is 6.02. The van der Waals surface area contributed by atoms with E-state index in [1.165, 1.54) is 9.80 Å². The van der Waals surface area contributed by atoms with Gasteiger partial charge in [-0.1, -0.05) is 54.4 Å². The van der Waals surface area contributed by atoms with Crippen LogP contribution >= 0.6 is 23.2 Å². The number of carbonyl (C=O) groups excluding carboxylic acids is 3. The molecule has 0 spiro atoms. The lowest BCUT2D eigenvalue weighted by molar-refractivity contribution is -0.138. The number of Topliss-reactive ketones (excluding diaryl/α,β-unsaturated/α-hetero) is 1. The maximum absolute atomic E-state index is 14.7. The van der Waals surface area contributed by atoms with E-state index >= 15 is 0 Å². The van der Waals surface area contributed by atoms with E-state index in [2.05, 4.69) is 0 Å². The first kappa shape index (κ1) is 32.3. The second-order valence-corrected chi connectivity index (χ2v) is 12.1. The van der Waals surface area contributed by atoms with Crippen LogP contribution in [0.3, 0.4) is 0 Å². The predicted octanol–water partition coefficient (Wildman–Crippen LogP) is 6.58. The fourth-order valence-electron chi connectivity index (χ4n) is 5.54. The molecule has 45 heavy (non-hydrogen) atoms. The van der Waals surface area contributed by atoms with Crippen LogP contribution in [0.15, 0.2) is 71.7 Å². The minimum absolute atomic E-state index is 0.0251. The molecule has 236 valence electrons. The van der Waals surface area contributed by atoms with Gasteiger partial charge in [0.15, 0.2) is 5.78 Å². The number of urea groups is 1. The number of hydrogen-bond donors (Lipinski definition) is 0. The van der Waals surface area contributed by atoms with Crippen molar-refractivity contribution in [3.63, 3.8) is 0 Å². The number of rotatable bonds is 9. The first-order valence-electron chi connectivity index (χ1n) is 14.9. The van der Waals surface area contributed by atoms with E-state index in [0.717, 1.165) is 11.1 Å². The molecule has 0 radical (unpaired) electrons.